The third-order valence-corrected chi connectivity index (χ3v) is 3.52. The fourth-order valence-corrected chi connectivity index (χ4v) is 2.30. The lowest BCUT2D eigenvalue weighted by atomic mass is 10.0. The zero-order valence-corrected chi connectivity index (χ0v) is 11.7. The number of carbonyl (C=O) groups excluding carboxylic acids is 1. The Labute approximate surface area is 113 Å². The SMILES string of the molecule is CC(C)(C)N1CCN(C(=O)c2ccncc2F)CC1. The zero-order valence-electron chi connectivity index (χ0n) is 11.7. The van der Waals surface area contributed by atoms with Crippen molar-refractivity contribution in [2.75, 3.05) is 26.2 Å². The minimum atomic E-state index is -0.550. The third-order valence-electron chi connectivity index (χ3n) is 3.52. The van der Waals surface area contributed by atoms with Gasteiger partial charge in [-0.1, -0.05) is 0 Å². The third kappa shape index (κ3) is 3.10. The molecule has 0 spiro atoms. The highest BCUT2D eigenvalue weighted by Crippen LogP contribution is 2.17. The molecule has 0 unspecified atom stereocenters. The quantitative estimate of drug-likeness (QED) is 0.776. The van der Waals surface area contributed by atoms with Gasteiger partial charge in [-0.2, -0.15) is 0 Å². The van der Waals surface area contributed by atoms with E-state index in [2.05, 4.69) is 30.7 Å². The average molecular weight is 265 g/mol. The van der Waals surface area contributed by atoms with E-state index in [0.717, 1.165) is 19.3 Å². The van der Waals surface area contributed by atoms with Crippen molar-refractivity contribution in [2.45, 2.75) is 26.3 Å². The highest BCUT2D eigenvalue weighted by atomic mass is 19.1. The van der Waals surface area contributed by atoms with Crippen LogP contribution in [0.5, 0.6) is 0 Å². The standard InChI is InChI=1S/C14H20FN3O/c1-14(2,3)18-8-6-17(7-9-18)13(19)11-4-5-16-10-12(11)15/h4-5,10H,6-9H2,1-3H3. The molecule has 0 aromatic carbocycles. The van der Waals surface area contributed by atoms with Gasteiger partial charge in [0.2, 0.25) is 0 Å². The fraction of sp³-hybridized carbons (Fsp3) is 0.571. The number of amides is 1. The summed E-state index contributed by atoms with van der Waals surface area (Å²) in [5.74, 6) is -0.792. The topological polar surface area (TPSA) is 36.4 Å². The van der Waals surface area contributed by atoms with Crippen LogP contribution >= 0.6 is 0 Å². The van der Waals surface area contributed by atoms with Crippen LogP contribution in [0.1, 0.15) is 31.1 Å². The molecule has 0 N–H and O–H groups in total. The van der Waals surface area contributed by atoms with Crippen molar-refractivity contribution in [1.82, 2.24) is 14.8 Å². The zero-order chi connectivity index (χ0) is 14.0. The summed E-state index contributed by atoms with van der Waals surface area (Å²) in [4.78, 5) is 19.9. The molecule has 0 radical (unpaired) electrons. The van der Waals surface area contributed by atoms with Gasteiger partial charge in [0, 0.05) is 37.9 Å². The number of pyridine rings is 1. The smallest absolute Gasteiger partial charge is 0.257 e. The lowest BCUT2D eigenvalue weighted by Gasteiger charge is -2.42. The molecule has 1 aromatic rings. The molecule has 1 fully saturated rings. The van der Waals surface area contributed by atoms with Crippen LogP contribution in [0, 0.1) is 5.82 Å². The summed E-state index contributed by atoms with van der Waals surface area (Å²) < 4.78 is 13.5. The van der Waals surface area contributed by atoms with Crippen LogP contribution in [0.25, 0.3) is 0 Å². The molecule has 0 aliphatic carbocycles. The van der Waals surface area contributed by atoms with E-state index >= 15 is 0 Å². The predicted octanol–water partition coefficient (Wildman–Crippen LogP) is 1.78. The van der Waals surface area contributed by atoms with Gasteiger partial charge in [0.1, 0.15) is 0 Å². The number of aromatic nitrogens is 1. The van der Waals surface area contributed by atoms with E-state index in [4.69, 9.17) is 0 Å². The number of halogens is 1. The van der Waals surface area contributed by atoms with Crippen LogP contribution in [-0.4, -0.2) is 52.4 Å². The fourth-order valence-electron chi connectivity index (χ4n) is 2.30. The molecule has 1 aromatic heterocycles. The summed E-state index contributed by atoms with van der Waals surface area (Å²) in [5, 5.41) is 0. The molecule has 1 saturated heterocycles. The van der Waals surface area contributed by atoms with E-state index < -0.39 is 5.82 Å². The van der Waals surface area contributed by atoms with Crippen LogP contribution in [0.2, 0.25) is 0 Å². The Balaban J connectivity index is 2.03. The summed E-state index contributed by atoms with van der Waals surface area (Å²) in [5.41, 5.74) is 0.219. The van der Waals surface area contributed by atoms with E-state index in [1.807, 2.05) is 0 Å². The second kappa shape index (κ2) is 5.25. The predicted molar refractivity (Wildman–Crippen MR) is 71.4 cm³/mol. The van der Waals surface area contributed by atoms with Crippen LogP contribution in [0.3, 0.4) is 0 Å². The van der Waals surface area contributed by atoms with Gasteiger partial charge in [-0.25, -0.2) is 4.39 Å². The van der Waals surface area contributed by atoms with Crippen molar-refractivity contribution < 1.29 is 9.18 Å². The average Bonchev–Trinajstić information content (AvgIpc) is 2.38. The van der Waals surface area contributed by atoms with Crippen LogP contribution in [0.4, 0.5) is 4.39 Å². The minimum Gasteiger partial charge on any atom is -0.336 e. The molecule has 0 saturated carbocycles. The first-order valence-electron chi connectivity index (χ1n) is 6.53. The molecule has 1 aliphatic rings. The second-order valence-corrected chi connectivity index (χ2v) is 5.81. The Bertz CT molecular complexity index is 462. The lowest BCUT2D eigenvalue weighted by molar-refractivity contribution is 0.0447. The molecule has 2 rings (SSSR count). The number of hydrogen-bond donors (Lipinski definition) is 0. The second-order valence-electron chi connectivity index (χ2n) is 5.81. The van der Waals surface area contributed by atoms with Gasteiger partial charge in [-0.05, 0) is 26.8 Å². The van der Waals surface area contributed by atoms with Crippen molar-refractivity contribution in [3.05, 3.63) is 29.8 Å². The van der Waals surface area contributed by atoms with Gasteiger partial charge < -0.3 is 4.90 Å². The van der Waals surface area contributed by atoms with Gasteiger partial charge in [-0.15, -0.1) is 0 Å². The minimum absolute atomic E-state index is 0.108. The molecule has 2 heterocycles. The van der Waals surface area contributed by atoms with Crippen LogP contribution < -0.4 is 0 Å². The van der Waals surface area contributed by atoms with E-state index in [-0.39, 0.29) is 17.0 Å². The molecule has 0 atom stereocenters. The maximum absolute atomic E-state index is 13.5. The molecule has 4 nitrogen and oxygen atoms in total. The Morgan fingerprint density at radius 3 is 2.42 bits per heavy atom. The van der Waals surface area contributed by atoms with Gasteiger partial charge in [0.15, 0.2) is 5.82 Å². The summed E-state index contributed by atoms with van der Waals surface area (Å²) in [6, 6.07) is 1.44. The number of hydrogen-bond acceptors (Lipinski definition) is 3. The van der Waals surface area contributed by atoms with E-state index in [9.17, 15) is 9.18 Å². The largest absolute Gasteiger partial charge is 0.336 e. The number of piperazine rings is 1. The van der Waals surface area contributed by atoms with E-state index in [1.54, 1.807) is 4.90 Å². The normalized spacial score (nSPS) is 17.6. The number of nitrogens with zero attached hydrogens (tertiary/aromatic N) is 3. The van der Waals surface area contributed by atoms with Crippen molar-refractivity contribution in [3.8, 4) is 0 Å². The van der Waals surface area contributed by atoms with Crippen LogP contribution in [0.15, 0.2) is 18.5 Å². The summed E-state index contributed by atoms with van der Waals surface area (Å²) in [6.45, 7) is 9.40. The van der Waals surface area contributed by atoms with Gasteiger partial charge >= 0.3 is 0 Å². The molecule has 19 heavy (non-hydrogen) atoms. The molecular weight excluding hydrogens is 245 g/mol. The monoisotopic (exact) mass is 265 g/mol. The Hall–Kier alpha value is -1.49. The Kier molecular flexibility index (Phi) is 3.85. The van der Waals surface area contributed by atoms with Crippen molar-refractivity contribution in [3.63, 3.8) is 0 Å². The van der Waals surface area contributed by atoms with E-state index in [1.165, 1.54) is 12.3 Å². The van der Waals surface area contributed by atoms with Crippen LogP contribution in [-0.2, 0) is 0 Å². The van der Waals surface area contributed by atoms with E-state index in [0.29, 0.717) is 13.1 Å². The first-order valence-corrected chi connectivity index (χ1v) is 6.53. The number of rotatable bonds is 1. The molecule has 0 bridgehead atoms. The molecule has 104 valence electrons. The summed E-state index contributed by atoms with van der Waals surface area (Å²) >= 11 is 0. The molecule has 1 amide bonds. The molecular formula is C14H20FN3O. The Morgan fingerprint density at radius 2 is 1.89 bits per heavy atom. The highest BCUT2D eigenvalue weighted by molar-refractivity contribution is 5.94. The Morgan fingerprint density at radius 1 is 1.26 bits per heavy atom. The highest BCUT2D eigenvalue weighted by Gasteiger charge is 2.28. The lowest BCUT2D eigenvalue weighted by Crippen LogP contribution is -2.54. The maximum atomic E-state index is 13.5. The number of carbonyl (C=O) groups is 1. The molecule has 1 aliphatic heterocycles. The summed E-state index contributed by atoms with van der Waals surface area (Å²) in [6.07, 6.45) is 2.53. The van der Waals surface area contributed by atoms with Gasteiger partial charge in [0.25, 0.3) is 5.91 Å². The van der Waals surface area contributed by atoms with Gasteiger partial charge in [0.05, 0.1) is 11.8 Å². The summed E-state index contributed by atoms with van der Waals surface area (Å²) in [7, 11) is 0. The molecule has 5 heteroatoms. The first kappa shape index (κ1) is 13.9. The van der Waals surface area contributed by atoms with Gasteiger partial charge in [-0.3, -0.25) is 14.7 Å². The van der Waals surface area contributed by atoms with Crippen molar-refractivity contribution in [1.29, 1.82) is 0 Å². The maximum Gasteiger partial charge on any atom is 0.257 e. The van der Waals surface area contributed by atoms with Crippen molar-refractivity contribution in [2.24, 2.45) is 0 Å². The first-order chi connectivity index (χ1) is 8.89. The van der Waals surface area contributed by atoms with Crippen molar-refractivity contribution >= 4 is 5.91 Å².